The minimum Gasteiger partial charge on any atom is -0.475 e. The van der Waals surface area contributed by atoms with E-state index >= 15 is 0 Å². The zero-order valence-corrected chi connectivity index (χ0v) is 13.6. The van der Waals surface area contributed by atoms with E-state index in [1.807, 2.05) is 26.8 Å². The van der Waals surface area contributed by atoms with Crippen molar-refractivity contribution >= 4 is 5.95 Å². The Labute approximate surface area is 127 Å². The predicted molar refractivity (Wildman–Crippen MR) is 85.0 cm³/mol. The first kappa shape index (κ1) is 16.0. The van der Waals surface area contributed by atoms with E-state index in [0.717, 1.165) is 45.0 Å². The summed E-state index contributed by atoms with van der Waals surface area (Å²) >= 11 is 0. The average molecular weight is 293 g/mol. The minimum absolute atomic E-state index is 0.123. The number of nitrogens with zero attached hydrogens (tertiary/aromatic N) is 4. The van der Waals surface area contributed by atoms with Crippen LogP contribution in [0.25, 0.3) is 0 Å². The van der Waals surface area contributed by atoms with Gasteiger partial charge in [0.05, 0.1) is 6.10 Å². The number of likely N-dealkylation sites (N-methyl/N-ethyl adjacent to an activating group) is 1. The Morgan fingerprint density at radius 2 is 1.95 bits per heavy atom. The maximum Gasteiger partial charge on any atom is 0.226 e. The Kier molecular flexibility index (Phi) is 5.76. The van der Waals surface area contributed by atoms with E-state index in [1.54, 1.807) is 0 Å². The zero-order chi connectivity index (χ0) is 15.2. The highest BCUT2D eigenvalue weighted by Gasteiger charge is 2.13. The lowest BCUT2D eigenvalue weighted by atomic mass is 10.3. The molecule has 2 heterocycles. The molecule has 6 heteroatoms. The molecule has 0 amide bonds. The standard InChI is InChI=1S/C15H27N5O/c1-12(2)21-14-11-13(3)17-15(18-14)16-5-6-20-9-7-19(4)8-10-20/h11-12H,5-10H2,1-4H3,(H,16,17,18). The van der Waals surface area contributed by atoms with E-state index in [4.69, 9.17) is 4.74 Å². The fourth-order valence-electron chi connectivity index (χ4n) is 2.32. The summed E-state index contributed by atoms with van der Waals surface area (Å²) in [5.41, 5.74) is 0.919. The Hall–Kier alpha value is -1.40. The van der Waals surface area contributed by atoms with Gasteiger partial charge >= 0.3 is 0 Å². The van der Waals surface area contributed by atoms with E-state index in [-0.39, 0.29) is 6.10 Å². The first-order valence-corrected chi connectivity index (χ1v) is 7.70. The largest absolute Gasteiger partial charge is 0.475 e. The number of piperazine rings is 1. The molecule has 0 aromatic carbocycles. The quantitative estimate of drug-likeness (QED) is 0.851. The van der Waals surface area contributed by atoms with Crippen LogP contribution in [0.3, 0.4) is 0 Å². The molecule has 1 aromatic heterocycles. The smallest absolute Gasteiger partial charge is 0.226 e. The molecule has 1 fully saturated rings. The van der Waals surface area contributed by atoms with Crippen LogP contribution in [-0.2, 0) is 0 Å². The van der Waals surface area contributed by atoms with Gasteiger partial charge in [0, 0.05) is 51.0 Å². The van der Waals surface area contributed by atoms with Gasteiger partial charge in [-0.25, -0.2) is 4.98 Å². The average Bonchev–Trinajstić information content (AvgIpc) is 2.39. The molecule has 0 bridgehead atoms. The van der Waals surface area contributed by atoms with Gasteiger partial charge < -0.3 is 15.0 Å². The lowest BCUT2D eigenvalue weighted by molar-refractivity contribution is 0.158. The third kappa shape index (κ3) is 5.47. The van der Waals surface area contributed by atoms with Gasteiger partial charge in [0.2, 0.25) is 11.8 Å². The number of ether oxygens (including phenoxy) is 1. The molecule has 0 aliphatic carbocycles. The lowest BCUT2D eigenvalue weighted by Crippen LogP contribution is -2.45. The monoisotopic (exact) mass is 293 g/mol. The molecule has 0 radical (unpaired) electrons. The van der Waals surface area contributed by atoms with Crippen molar-refractivity contribution in [2.24, 2.45) is 0 Å². The molecule has 0 atom stereocenters. The van der Waals surface area contributed by atoms with Crippen molar-refractivity contribution in [3.63, 3.8) is 0 Å². The topological polar surface area (TPSA) is 53.5 Å². The summed E-state index contributed by atoms with van der Waals surface area (Å²) in [5.74, 6) is 1.29. The summed E-state index contributed by atoms with van der Waals surface area (Å²) in [6.45, 7) is 12.4. The molecule has 2 rings (SSSR count). The summed E-state index contributed by atoms with van der Waals surface area (Å²) < 4.78 is 5.64. The number of rotatable bonds is 6. The highest BCUT2D eigenvalue weighted by Crippen LogP contribution is 2.13. The summed E-state index contributed by atoms with van der Waals surface area (Å²) in [7, 11) is 2.17. The fourth-order valence-corrected chi connectivity index (χ4v) is 2.32. The molecule has 1 saturated heterocycles. The number of hydrogen-bond donors (Lipinski definition) is 1. The molecule has 0 saturated carbocycles. The Morgan fingerprint density at radius 3 is 2.62 bits per heavy atom. The SMILES string of the molecule is Cc1cc(OC(C)C)nc(NCCN2CCN(C)CC2)n1. The summed E-state index contributed by atoms with van der Waals surface area (Å²) in [5, 5.41) is 3.30. The maximum atomic E-state index is 5.64. The molecular formula is C15H27N5O. The van der Waals surface area contributed by atoms with Crippen molar-refractivity contribution < 1.29 is 4.74 Å². The third-order valence-corrected chi connectivity index (χ3v) is 3.49. The van der Waals surface area contributed by atoms with E-state index in [0.29, 0.717) is 11.8 Å². The number of nitrogens with one attached hydrogen (secondary N) is 1. The van der Waals surface area contributed by atoms with Crippen LogP contribution < -0.4 is 10.1 Å². The van der Waals surface area contributed by atoms with Crippen molar-refractivity contribution in [2.45, 2.75) is 26.9 Å². The normalized spacial score (nSPS) is 17.2. The first-order valence-electron chi connectivity index (χ1n) is 7.70. The predicted octanol–water partition coefficient (Wildman–Crippen LogP) is 1.23. The van der Waals surface area contributed by atoms with Crippen LogP contribution in [0.15, 0.2) is 6.07 Å². The van der Waals surface area contributed by atoms with Gasteiger partial charge in [-0.05, 0) is 27.8 Å². The van der Waals surface area contributed by atoms with Gasteiger partial charge in [0.1, 0.15) is 0 Å². The number of aryl methyl sites for hydroxylation is 1. The number of anilines is 1. The van der Waals surface area contributed by atoms with Crippen LogP contribution in [0.2, 0.25) is 0 Å². The lowest BCUT2D eigenvalue weighted by Gasteiger charge is -2.32. The van der Waals surface area contributed by atoms with Crippen molar-refractivity contribution in [1.29, 1.82) is 0 Å². The molecule has 118 valence electrons. The minimum atomic E-state index is 0.123. The Balaban J connectivity index is 1.81. The molecule has 0 unspecified atom stereocenters. The second kappa shape index (κ2) is 7.56. The molecule has 0 spiro atoms. The third-order valence-electron chi connectivity index (χ3n) is 3.49. The summed E-state index contributed by atoms with van der Waals surface area (Å²) in [4.78, 5) is 13.6. The number of aromatic nitrogens is 2. The van der Waals surface area contributed by atoms with E-state index < -0.39 is 0 Å². The van der Waals surface area contributed by atoms with Crippen LogP contribution in [0.5, 0.6) is 5.88 Å². The van der Waals surface area contributed by atoms with Gasteiger partial charge in [-0.3, -0.25) is 4.90 Å². The highest BCUT2D eigenvalue weighted by atomic mass is 16.5. The highest BCUT2D eigenvalue weighted by molar-refractivity contribution is 5.30. The van der Waals surface area contributed by atoms with E-state index in [2.05, 4.69) is 32.1 Å². The van der Waals surface area contributed by atoms with E-state index in [9.17, 15) is 0 Å². The molecular weight excluding hydrogens is 266 g/mol. The number of hydrogen-bond acceptors (Lipinski definition) is 6. The summed E-state index contributed by atoms with van der Waals surface area (Å²) in [6.07, 6.45) is 0.123. The second-order valence-corrected chi connectivity index (χ2v) is 5.91. The fraction of sp³-hybridized carbons (Fsp3) is 0.733. The van der Waals surface area contributed by atoms with Gasteiger partial charge in [0.15, 0.2) is 0 Å². The zero-order valence-electron chi connectivity index (χ0n) is 13.6. The van der Waals surface area contributed by atoms with Crippen LogP contribution in [0.1, 0.15) is 19.5 Å². The van der Waals surface area contributed by atoms with Gasteiger partial charge in [-0.1, -0.05) is 0 Å². The molecule has 6 nitrogen and oxygen atoms in total. The molecule has 1 aliphatic rings. The second-order valence-electron chi connectivity index (χ2n) is 5.91. The van der Waals surface area contributed by atoms with Crippen LogP contribution in [-0.4, -0.2) is 72.2 Å². The molecule has 21 heavy (non-hydrogen) atoms. The van der Waals surface area contributed by atoms with Crippen LogP contribution in [0.4, 0.5) is 5.95 Å². The van der Waals surface area contributed by atoms with Gasteiger partial charge in [-0.15, -0.1) is 0 Å². The first-order chi connectivity index (χ1) is 10.0. The van der Waals surface area contributed by atoms with Crippen molar-refractivity contribution in [1.82, 2.24) is 19.8 Å². The van der Waals surface area contributed by atoms with Crippen molar-refractivity contribution in [2.75, 3.05) is 51.6 Å². The van der Waals surface area contributed by atoms with E-state index in [1.165, 1.54) is 0 Å². The van der Waals surface area contributed by atoms with Crippen LogP contribution >= 0.6 is 0 Å². The van der Waals surface area contributed by atoms with Crippen molar-refractivity contribution in [3.05, 3.63) is 11.8 Å². The molecule has 1 N–H and O–H groups in total. The molecule has 1 aliphatic heterocycles. The van der Waals surface area contributed by atoms with Crippen LogP contribution in [0, 0.1) is 6.92 Å². The Morgan fingerprint density at radius 1 is 1.24 bits per heavy atom. The van der Waals surface area contributed by atoms with Gasteiger partial charge in [0.25, 0.3) is 0 Å². The maximum absolute atomic E-state index is 5.64. The van der Waals surface area contributed by atoms with Gasteiger partial charge in [-0.2, -0.15) is 4.98 Å². The Bertz CT molecular complexity index is 444. The summed E-state index contributed by atoms with van der Waals surface area (Å²) in [6, 6.07) is 1.87. The van der Waals surface area contributed by atoms with Crippen molar-refractivity contribution in [3.8, 4) is 5.88 Å². The molecule has 1 aromatic rings.